The summed E-state index contributed by atoms with van der Waals surface area (Å²) in [7, 11) is 1.61. The van der Waals surface area contributed by atoms with E-state index in [4.69, 9.17) is 14.2 Å². The highest BCUT2D eigenvalue weighted by molar-refractivity contribution is 5.92. The Morgan fingerprint density at radius 3 is 2.64 bits per heavy atom. The number of carbonyl (C=O) groups is 1. The molecule has 0 radical (unpaired) electrons. The fourth-order valence-electron chi connectivity index (χ4n) is 3.17. The Morgan fingerprint density at radius 1 is 1.28 bits per heavy atom. The van der Waals surface area contributed by atoms with E-state index in [-0.39, 0.29) is 24.8 Å². The van der Waals surface area contributed by atoms with Gasteiger partial charge in [0.1, 0.15) is 12.4 Å². The lowest BCUT2D eigenvalue weighted by atomic mass is 9.92. The summed E-state index contributed by atoms with van der Waals surface area (Å²) < 4.78 is 16.1. The molecule has 0 saturated heterocycles. The van der Waals surface area contributed by atoms with E-state index < -0.39 is 5.60 Å². The molecule has 1 heterocycles. The average Bonchev–Trinajstić information content (AvgIpc) is 2.84. The maximum Gasteiger partial charge on any atom is 0.415 e. The third-order valence-corrected chi connectivity index (χ3v) is 4.06. The zero-order chi connectivity index (χ0) is 18.4. The van der Waals surface area contributed by atoms with Crippen LogP contribution in [0, 0.1) is 0 Å². The molecule has 0 spiro atoms. The molecule has 25 heavy (non-hydrogen) atoms. The van der Waals surface area contributed by atoms with Crippen LogP contribution in [0.3, 0.4) is 0 Å². The number of fused-ring (bicyclic) bond motifs is 1. The minimum Gasteiger partial charge on any atom is -0.443 e. The monoisotopic (exact) mass is 347 g/mol. The Balaban J connectivity index is 2.30. The van der Waals surface area contributed by atoms with E-state index in [1.54, 1.807) is 12.0 Å². The second kappa shape index (κ2) is 8.50. The lowest BCUT2D eigenvalue weighted by Gasteiger charge is -2.29. The normalized spacial score (nSPS) is 20.1. The Kier molecular flexibility index (Phi) is 6.62. The molecule has 0 aromatic heterocycles. The summed E-state index contributed by atoms with van der Waals surface area (Å²) in [6, 6.07) is 7.94. The Bertz CT molecular complexity index is 606. The van der Waals surface area contributed by atoms with Gasteiger partial charge in [-0.1, -0.05) is 30.4 Å². The molecule has 1 aliphatic rings. The van der Waals surface area contributed by atoms with Crippen molar-refractivity contribution in [1.82, 2.24) is 0 Å². The molecule has 5 nitrogen and oxygen atoms in total. The van der Waals surface area contributed by atoms with Crippen LogP contribution in [-0.2, 0) is 14.2 Å². The Morgan fingerprint density at radius 2 is 2.00 bits per heavy atom. The third-order valence-electron chi connectivity index (χ3n) is 4.06. The molecule has 138 valence electrons. The van der Waals surface area contributed by atoms with Gasteiger partial charge in [-0.3, -0.25) is 4.90 Å². The van der Waals surface area contributed by atoms with Crippen LogP contribution in [0.5, 0.6) is 0 Å². The number of rotatable bonds is 6. The van der Waals surface area contributed by atoms with Gasteiger partial charge in [-0.05, 0) is 45.7 Å². The summed E-state index contributed by atoms with van der Waals surface area (Å²) in [6.45, 7) is 8.46. The van der Waals surface area contributed by atoms with Gasteiger partial charge in [-0.2, -0.15) is 0 Å². The van der Waals surface area contributed by atoms with Crippen molar-refractivity contribution >= 4 is 11.8 Å². The summed E-state index contributed by atoms with van der Waals surface area (Å²) in [5, 5.41) is 0. The van der Waals surface area contributed by atoms with Crippen LogP contribution in [0.1, 0.15) is 45.6 Å². The maximum absolute atomic E-state index is 12.8. The standard InChI is InChI=1S/C20H29NO4/c1-6-9-17-16(12-13-24-14-23-5)15-10-7-8-11-18(15)21(17)19(22)25-20(2,3)4/h6-11,16-17H,12-14H2,1-5H3/b9-6+. The van der Waals surface area contributed by atoms with Crippen LogP contribution in [0.2, 0.25) is 0 Å². The summed E-state index contributed by atoms with van der Waals surface area (Å²) in [6.07, 6.45) is 4.53. The number of hydrogen-bond acceptors (Lipinski definition) is 4. The van der Waals surface area contributed by atoms with Crippen molar-refractivity contribution in [2.45, 2.75) is 51.7 Å². The molecule has 1 aliphatic heterocycles. The lowest BCUT2D eigenvalue weighted by Crippen LogP contribution is -2.41. The van der Waals surface area contributed by atoms with E-state index in [0.717, 1.165) is 17.7 Å². The van der Waals surface area contributed by atoms with Gasteiger partial charge < -0.3 is 14.2 Å². The Hall–Kier alpha value is -1.85. The molecular formula is C20H29NO4. The third kappa shape index (κ3) is 4.83. The van der Waals surface area contributed by atoms with Gasteiger partial charge in [0.2, 0.25) is 0 Å². The van der Waals surface area contributed by atoms with Crippen molar-refractivity contribution in [2.24, 2.45) is 0 Å². The van der Waals surface area contributed by atoms with Gasteiger partial charge in [0.25, 0.3) is 0 Å². The molecule has 0 N–H and O–H groups in total. The molecule has 2 atom stereocenters. The van der Waals surface area contributed by atoms with Crippen LogP contribution in [-0.4, -0.2) is 38.2 Å². The van der Waals surface area contributed by atoms with Crippen LogP contribution in [0.4, 0.5) is 10.5 Å². The lowest BCUT2D eigenvalue weighted by molar-refractivity contribution is -0.0326. The predicted octanol–water partition coefficient (Wildman–Crippen LogP) is 4.48. The summed E-state index contributed by atoms with van der Waals surface area (Å²) in [5.41, 5.74) is 1.53. The number of amides is 1. The Labute approximate surface area is 150 Å². The zero-order valence-electron chi connectivity index (χ0n) is 15.8. The summed E-state index contributed by atoms with van der Waals surface area (Å²) in [4.78, 5) is 14.6. The van der Waals surface area contributed by atoms with Gasteiger partial charge in [-0.15, -0.1) is 0 Å². The van der Waals surface area contributed by atoms with Gasteiger partial charge in [-0.25, -0.2) is 4.79 Å². The molecule has 1 aromatic rings. The van der Waals surface area contributed by atoms with Crippen molar-refractivity contribution in [3.8, 4) is 0 Å². The largest absolute Gasteiger partial charge is 0.443 e. The molecule has 5 heteroatoms. The number of nitrogens with zero attached hydrogens (tertiary/aromatic N) is 1. The predicted molar refractivity (Wildman–Crippen MR) is 98.9 cm³/mol. The molecule has 2 rings (SSSR count). The number of methoxy groups -OCH3 is 1. The summed E-state index contributed by atoms with van der Waals surface area (Å²) in [5.74, 6) is 0.164. The second-order valence-electron chi connectivity index (χ2n) is 7.14. The fraction of sp³-hybridized carbons (Fsp3) is 0.550. The first-order chi connectivity index (χ1) is 11.9. The molecule has 0 saturated carbocycles. The van der Waals surface area contributed by atoms with E-state index in [1.807, 2.05) is 52.0 Å². The highest BCUT2D eigenvalue weighted by Gasteiger charge is 2.41. The first kappa shape index (κ1) is 19.5. The molecule has 2 unspecified atom stereocenters. The second-order valence-corrected chi connectivity index (χ2v) is 7.14. The van der Waals surface area contributed by atoms with Crippen LogP contribution in [0.25, 0.3) is 0 Å². The van der Waals surface area contributed by atoms with Gasteiger partial charge in [0, 0.05) is 13.0 Å². The van der Waals surface area contributed by atoms with Gasteiger partial charge in [0.05, 0.1) is 18.3 Å². The number of carbonyl (C=O) groups excluding carboxylic acids is 1. The van der Waals surface area contributed by atoms with Crippen molar-refractivity contribution < 1.29 is 19.0 Å². The van der Waals surface area contributed by atoms with E-state index in [2.05, 4.69) is 12.1 Å². The molecule has 0 bridgehead atoms. The quantitative estimate of drug-likeness (QED) is 0.432. The zero-order valence-corrected chi connectivity index (χ0v) is 15.8. The smallest absolute Gasteiger partial charge is 0.415 e. The number of para-hydroxylation sites is 1. The molecule has 1 aromatic carbocycles. The molecule has 1 amide bonds. The number of hydrogen-bond donors (Lipinski definition) is 0. The maximum atomic E-state index is 12.8. The van der Waals surface area contributed by atoms with Crippen molar-refractivity contribution in [3.05, 3.63) is 42.0 Å². The highest BCUT2D eigenvalue weighted by Crippen LogP contribution is 2.44. The minimum absolute atomic E-state index is 0.0802. The fourth-order valence-corrected chi connectivity index (χ4v) is 3.17. The number of anilines is 1. The first-order valence-corrected chi connectivity index (χ1v) is 8.69. The SMILES string of the molecule is C/C=C/C1C(CCOCOC)c2ccccc2N1C(=O)OC(C)(C)C. The number of allylic oxidation sites excluding steroid dienone is 1. The minimum atomic E-state index is -0.536. The van der Waals surface area contributed by atoms with Gasteiger partial charge >= 0.3 is 6.09 Å². The van der Waals surface area contributed by atoms with E-state index in [0.29, 0.717) is 6.61 Å². The van der Waals surface area contributed by atoms with Crippen molar-refractivity contribution in [3.63, 3.8) is 0 Å². The van der Waals surface area contributed by atoms with Gasteiger partial charge in [0.15, 0.2) is 0 Å². The van der Waals surface area contributed by atoms with Crippen LogP contribution in [0.15, 0.2) is 36.4 Å². The highest BCUT2D eigenvalue weighted by atomic mass is 16.7. The van der Waals surface area contributed by atoms with E-state index >= 15 is 0 Å². The van der Waals surface area contributed by atoms with Crippen LogP contribution < -0.4 is 4.90 Å². The molecule has 0 fully saturated rings. The molecule has 0 aliphatic carbocycles. The average molecular weight is 347 g/mol. The van der Waals surface area contributed by atoms with E-state index in [9.17, 15) is 4.79 Å². The topological polar surface area (TPSA) is 48.0 Å². The first-order valence-electron chi connectivity index (χ1n) is 8.69. The number of ether oxygens (including phenoxy) is 3. The van der Waals surface area contributed by atoms with Crippen molar-refractivity contribution in [1.29, 1.82) is 0 Å². The van der Waals surface area contributed by atoms with Crippen molar-refractivity contribution in [2.75, 3.05) is 25.4 Å². The van der Waals surface area contributed by atoms with Crippen LogP contribution >= 0.6 is 0 Å². The number of benzene rings is 1. The van der Waals surface area contributed by atoms with E-state index in [1.165, 1.54) is 0 Å². The summed E-state index contributed by atoms with van der Waals surface area (Å²) >= 11 is 0. The molecular weight excluding hydrogens is 318 g/mol.